The molecule has 16 heavy (non-hydrogen) atoms. The number of unbranched alkanes of at least 4 members (excludes halogenated alkanes) is 1. The highest BCUT2D eigenvalue weighted by Gasteiger charge is 2.20. The van der Waals surface area contributed by atoms with Crippen molar-refractivity contribution in [2.75, 3.05) is 5.33 Å². The molecule has 0 atom stereocenters. The highest BCUT2D eigenvalue weighted by Crippen LogP contribution is 2.26. The van der Waals surface area contributed by atoms with E-state index in [2.05, 4.69) is 28.2 Å². The summed E-state index contributed by atoms with van der Waals surface area (Å²) in [5, 5.41) is 4.17. The molecule has 1 amide bonds. The van der Waals surface area contributed by atoms with Gasteiger partial charge in [0.2, 0.25) is 5.91 Å². The smallest absolute Gasteiger partial charge is 0.220 e. The zero-order chi connectivity index (χ0) is 11.8. The van der Waals surface area contributed by atoms with Crippen LogP contribution in [0.25, 0.3) is 0 Å². The third kappa shape index (κ3) is 5.33. The molecule has 0 radical (unpaired) electrons. The van der Waals surface area contributed by atoms with Crippen LogP contribution in [0.5, 0.6) is 0 Å². The van der Waals surface area contributed by atoms with E-state index in [1.165, 1.54) is 32.1 Å². The van der Waals surface area contributed by atoms with Crippen molar-refractivity contribution in [2.45, 2.75) is 64.3 Å². The van der Waals surface area contributed by atoms with E-state index in [1.807, 2.05) is 0 Å². The number of carbonyl (C=O) groups excluding carboxylic acids is 1. The largest absolute Gasteiger partial charge is 0.353 e. The molecular weight excluding hydrogens is 266 g/mol. The Kier molecular flexibility index (Phi) is 7.10. The van der Waals surface area contributed by atoms with Gasteiger partial charge in [-0.15, -0.1) is 0 Å². The van der Waals surface area contributed by atoms with Gasteiger partial charge in [-0.2, -0.15) is 0 Å². The van der Waals surface area contributed by atoms with Crippen LogP contribution in [0.4, 0.5) is 0 Å². The van der Waals surface area contributed by atoms with E-state index in [1.54, 1.807) is 0 Å². The molecule has 1 saturated carbocycles. The molecule has 0 aromatic heterocycles. The van der Waals surface area contributed by atoms with Crippen LogP contribution in [-0.4, -0.2) is 17.3 Å². The molecule has 3 heteroatoms. The van der Waals surface area contributed by atoms with Crippen LogP contribution in [0.15, 0.2) is 0 Å². The molecule has 2 nitrogen and oxygen atoms in total. The summed E-state index contributed by atoms with van der Waals surface area (Å²) in [5.74, 6) is 1.16. The van der Waals surface area contributed by atoms with E-state index >= 15 is 0 Å². The van der Waals surface area contributed by atoms with Crippen LogP contribution in [-0.2, 0) is 4.79 Å². The predicted molar refractivity (Wildman–Crippen MR) is 71.8 cm³/mol. The summed E-state index contributed by atoms with van der Waals surface area (Å²) in [4.78, 5) is 11.6. The monoisotopic (exact) mass is 289 g/mol. The SMILES string of the molecule is CCC1CCC(NC(=O)CCCCBr)CC1. The lowest BCUT2D eigenvalue weighted by molar-refractivity contribution is -0.122. The first-order chi connectivity index (χ1) is 7.76. The fourth-order valence-corrected chi connectivity index (χ4v) is 2.79. The van der Waals surface area contributed by atoms with Crippen molar-refractivity contribution >= 4 is 21.8 Å². The fourth-order valence-electron chi connectivity index (χ4n) is 2.39. The van der Waals surface area contributed by atoms with Crippen LogP contribution >= 0.6 is 15.9 Å². The highest BCUT2D eigenvalue weighted by atomic mass is 79.9. The van der Waals surface area contributed by atoms with E-state index in [9.17, 15) is 4.79 Å². The van der Waals surface area contributed by atoms with Gasteiger partial charge < -0.3 is 5.32 Å². The van der Waals surface area contributed by atoms with Gasteiger partial charge in [0.05, 0.1) is 0 Å². The van der Waals surface area contributed by atoms with Gasteiger partial charge in [0, 0.05) is 17.8 Å². The number of hydrogen-bond acceptors (Lipinski definition) is 1. The van der Waals surface area contributed by atoms with Gasteiger partial charge in [0.15, 0.2) is 0 Å². The van der Waals surface area contributed by atoms with Gasteiger partial charge in [-0.3, -0.25) is 4.79 Å². The molecular formula is C13H24BrNO. The average Bonchev–Trinajstić information content (AvgIpc) is 2.30. The molecule has 0 unspecified atom stereocenters. The van der Waals surface area contributed by atoms with Crippen molar-refractivity contribution in [3.8, 4) is 0 Å². The zero-order valence-corrected chi connectivity index (χ0v) is 11.9. The quantitative estimate of drug-likeness (QED) is 0.587. The molecule has 0 spiro atoms. The molecule has 0 heterocycles. The van der Waals surface area contributed by atoms with Gasteiger partial charge in [-0.05, 0) is 44.4 Å². The van der Waals surface area contributed by atoms with Gasteiger partial charge in [0.25, 0.3) is 0 Å². The topological polar surface area (TPSA) is 29.1 Å². The van der Waals surface area contributed by atoms with Crippen molar-refractivity contribution in [2.24, 2.45) is 5.92 Å². The number of halogens is 1. The van der Waals surface area contributed by atoms with Crippen LogP contribution in [0.2, 0.25) is 0 Å². The molecule has 1 rings (SSSR count). The second kappa shape index (κ2) is 8.10. The Morgan fingerprint density at radius 1 is 1.25 bits per heavy atom. The molecule has 0 aromatic rings. The minimum Gasteiger partial charge on any atom is -0.353 e. The van der Waals surface area contributed by atoms with E-state index in [-0.39, 0.29) is 5.91 Å². The molecule has 1 N–H and O–H groups in total. The molecule has 0 bridgehead atoms. The molecule has 1 fully saturated rings. The first kappa shape index (κ1) is 14.0. The van der Waals surface area contributed by atoms with E-state index in [0.717, 1.165) is 24.1 Å². The maximum absolute atomic E-state index is 11.6. The van der Waals surface area contributed by atoms with Crippen molar-refractivity contribution in [1.82, 2.24) is 5.32 Å². The summed E-state index contributed by atoms with van der Waals surface area (Å²) in [6.07, 6.45) is 9.04. The number of carbonyl (C=O) groups is 1. The van der Waals surface area contributed by atoms with Crippen molar-refractivity contribution in [1.29, 1.82) is 0 Å². The van der Waals surface area contributed by atoms with Crippen LogP contribution in [0.1, 0.15) is 58.3 Å². The third-order valence-electron chi connectivity index (χ3n) is 3.58. The Hall–Kier alpha value is -0.0500. The Labute approximate surface area is 108 Å². The fraction of sp³-hybridized carbons (Fsp3) is 0.923. The normalized spacial score (nSPS) is 25.4. The third-order valence-corrected chi connectivity index (χ3v) is 4.14. The zero-order valence-electron chi connectivity index (χ0n) is 10.3. The Bertz CT molecular complexity index is 200. The van der Waals surface area contributed by atoms with Crippen LogP contribution in [0.3, 0.4) is 0 Å². The van der Waals surface area contributed by atoms with Crippen molar-refractivity contribution in [3.63, 3.8) is 0 Å². The maximum atomic E-state index is 11.6. The average molecular weight is 290 g/mol. The number of rotatable bonds is 6. The Balaban J connectivity index is 2.10. The number of nitrogens with one attached hydrogen (secondary N) is 1. The maximum Gasteiger partial charge on any atom is 0.220 e. The summed E-state index contributed by atoms with van der Waals surface area (Å²) >= 11 is 3.38. The summed E-state index contributed by atoms with van der Waals surface area (Å²) in [7, 11) is 0. The first-order valence-electron chi connectivity index (χ1n) is 6.61. The minimum absolute atomic E-state index is 0.251. The molecule has 0 saturated heterocycles. The van der Waals surface area contributed by atoms with Crippen LogP contribution < -0.4 is 5.32 Å². The van der Waals surface area contributed by atoms with Crippen molar-refractivity contribution < 1.29 is 4.79 Å². The minimum atomic E-state index is 0.251. The van der Waals surface area contributed by atoms with Crippen LogP contribution in [0, 0.1) is 5.92 Å². The summed E-state index contributed by atoms with van der Waals surface area (Å²) in [6, 6.07) is 0.458. The summed E-state index contributed by atoms with van der Waals surface area (Å²) < 4.78 is 0. The van der Waals surface area contributed by atoms with Gasteiger partial charge >= 0.3 is 0 Å². The predicted octanol–water partition coefficient (Wildman–Crippen LogP) is 3.64. The standard InChI is InChI=1S/C13H24BrNO/c1-2-11-6-8-12(9-7-11)15-13(16)5-3-4-10-14/h11-12H,2-10H2,1H3,(H,15,16). The summed E-state index contributed by atoms with van der Waals surface area (Å²) in [5.41, 5.74) is 0. The molecule has 0 aromatic carbocycles. The number of amides is 1. The Morgan fingerprint density at radius 3 is 2.50 bits per heavy atom. The second-order valence-corrected chi connectivity index (χ2v) is 5.63. The van der Waals surface area contributed by atoms with Crippen molar-refractivity contribution in [3.05, 3.63) is 0 Å². The highest BCUT2D eigenvalue weighted by molar-refractivity contribution is 9.09. The first-order valence-corrected chi connectivity index (χ1v) is 7.73. The lowest BCUT2D eigenvalue weighted by Crippen LogP contribution is -2.37. The lowest BCUT2D eigenvalue weighted by Gasteiger charge is -2.28. The molecule has 0 aliphatic heterocycles. The Morgan fingerprint density at radius 2 is 1.94 bits per heavy atom. The van der Waals surface area contributed by atoms with Gasteiger partial charge in [-0.25, -0.2) is 0 Å². The number of hydrogen-bond donors (Lipinski definition) is 1. The molecule has 1 aliphatic carbocycles. The van der Waals surface area contributed by atoms with Gasteiger partial charge in [-0.1, -0.05) is 29.3 Å². The van der Waals surface area contributed by atoms with Gasteiger partial charge in [0.1, 0.15) is 0 Å². The lowest BCUT2D eigenvalue weighted by atomic mass is 9.84. The van der Waals surface area contributed by atoms with E-state index in [4.69, 9.17) is 0 Å². The summed E-state index contributed by atoms with van der Waals surface area (Å²) in [6.45, 7) is 2.27. The molecule has 94 valence electrons. The number of alkyl halides is 1. The second-order valence-electron chi connectivity index (χ2n) is 4.84. The van der Waals surface area contributed by atoms with E-state index in [0.29, 0.717) is 12.5 Å². The molecule has 1 aliphatic rings. The van der Waals surface area contributed by atoms with E-state index < -0.39 is 0 Å².